The van der Waals surface area contributed by atoms with Gasteiger partial charge in [0.05, 0.1) is 4.90 Å². The van der Waals surface area contributed by atoms with E-state index in [1.807, 2.05) is 4.72 Å². The number of benzene rings is 1. The minimum absolute atomic E-state index is 0.136. The van der Waals surface area contributed by atoms with Crippen LogP contribution in [0.2, 0.25) is 0 Å². The van der Waals surface area contributed by atoms with Gasteiger partial charge in [-0.15, -0.1) is 0 Å². The number of hydrogen-bond donors (Lipinski definition) is 4. The van der Waals surface area contributed by atoms with Gasteiger partial charge < -0.3 is 15.5 Å². The first kappa shape index (κ1) is 16.1. The summed E-state index contributed by atoms with van der Waals surface area (Å²) in [5.74, 6) is -1.88. The number of sulfonamides is 1. The Labute approximate surface area is 115 Å². The summed E-state index contributed by atoms with van der Waals surface area (Å²) in [7, 11) is -2.50. The van der Waals surface area contributed by atoms with Gasteiger partial charge in [0.1, 0.15) is 0 Å². The minimum atomic E-state index is -3.94. The highest BCUT2D eigenvalue weighted by Gasteiger charge is 2.19. The zero-order valence-corrected chi connectivity index (χ0v) is 11.3. The number of hydrogen-bond acceptors (Lipinski definition) is 5. The third-order valence-electron chi connectivity index (χ3n) is 2.41. The molecule has 0 saturated heterocycles. The second kappa shape index (κ2) is 6.46. The Bertz CT molecular complexity index is 596. The average molecular weight is 302 g/mol. The number of carbonyl (C=O) groups excluding carboxylic acids is 1. The van der Waals surface area contributed by atoms with E-state index in [9.17, 15) is 18.0 Å². The number of carboxylic acid groups (broad SMARTS) is 1. The van der Waals surface area contributed by atoms with Crippen molar-refractivity contribution >= 4 is 21.9 Å². The second-order valence-electron chi connectivity index (χ2n) is 3.81. The summed E-state index contributed by atoms with van der Waals surface area (Å²) in [4.78, 5) is 21.5. The summed E-state index contributed by atoms with van der Waals surface area (Å²) in [5, 5.41) is 19.8. The first-order valence-electron chi connectivity index (χ1n) is 5.50. The molecule has 0 unspecified atom stereocenters. The molecule has 20 heavy (non-hydrogen) atoms. The Balaban J connectivity index is 2.83. The Morgan fingerprint density at radius 1 is 1.25 bits per heavy atom. The highest BCUT2D eigenvalue weighted by molar-refractivity contribution is 7.89. The SMILES string of the molecule is CNC(=O)c1ccc(S(=O)(=O)NC[C@H](O)C(=O)O)cc1. The fourth-order valence-electron chi connectivity index (χ4n) is 1.29. The van der Waals surface area contributed by atoms with Crippen LogP contribution in [0.1, 0.15) is 10.4 Å². The van der Waals surface area contributed by atoms with Crippen LogP contribution in [-0.2, 0) is 14.8 Å². The van der Waals surface area contributed by atoms with Crippen molar-refractivity contribution in [2.75, 3.05) is 13.6 Å². The number of amides is 1. The maximum absolute atomic E-state index is 11.8. The molecule has 0 aliphatic rings. The molecule has 0 saturated carbocycles. The van der Waals surface area contributed by atoms with Crippen molar-refractivity contribution in [1.82, 2.24) is 10.0 Å². The lowest BCUT2D eigenvalue weighted by atomic mass is 10.2. The summed E-state index contributed by atoms with van der Waals surface area (Å²) in [5.41, 5.74) is 0.289. The van der Waals surface area contributed by atoms with Crippen molar-refractivity contribution < 1.29 is 28.2 Å². The lowest BCUT2D eigenvalue weighted by Gasteiger charge is -2.09. The monoisotopic (exact) mass is 302 g/mol. The Morgan fingerprint density at radius 3 is 2.25 bits per heavy atom. The molecule has 4 N–H and O–H groups in total. The van der Waals surface area contributed by atoms with Gasteiger partial charge in [-0.25, -0.2) is 17.9 Å². The van der Waals surface area contributed by atoms with Gasteiger partial charge in [-0.05, 0) is 24.3 Å². The molecule has 9 heteroatoms. The third kappa shape index (κ3) is 4.02. The largest absolute Gasteiger partial charge is 0.479 e. The van der Waals surface area contributed by atoms with Crippen LogP contribution in [0.4, 0.5) is 0 Å². The van der Waals surface area contributed by atoms with Crippen LogP contribution in [0.3, 0.4) is 0 Å². The number of carbonyl (C=O) groups is 2. The zero-order chi connectivity index (χ0) is 15.3. The highest BCUT2D eigenvalue weighted by atomic mass is 32.2. The van der Waals surface area contributed by atoms with Crippen LogP contribution in [-0.4, -0.2) is 50.2 Å². The van der Waals surface area contributed by atoms with Gasteiger partial charge in [0, 0.05) is 19.2 Å². The van der Waals surface area contributed by atoms with Gasteiger partial charge in [-0.3, -0.25) is 4.79 Å². The number of carboxylic acids is 1. The smallest absolute Gasteiger partial charge is 0.333 e. The van der Waals surface area contributed by atoms with E-state index >= 15 is 0 Å². The summed E-state index contributed by atoms with van der Waals surface area (Å²) < 4.78 is 25.5. The number of aliphatic hydroxyl groups excluding tert-OH is 1. The van der Waals surface area contributed by atoms with Crippen molar-refractivity contribution in [3.63, 3.8) is 0 Å². The van der Waals surface area contributed by atoms with Gasteiger partial charge in [0.25, 0.3) is 5.91 Å². The van der Waals surface area contributed by atoms with E-state index in [-0.39, 0.29) is 16.4 Å². The molecule has 0 bridgehead atoms. The Hall–Kier alpha value is -1.97. The average Bonchev–Trinajstić information content (AvgIpc) is 2.44. The molecule has 8 nitrogen and oxygen atoms in total. The number of nitrogens with one attached hydrogen (secondary N) is 2. The molecule has 0 spiro atoms. The van der Waals surface area contributed by atoms with Crippen molar-refractivity contribution in [1.29, 1.82) is 0 Å². The lowest BCUT2D eigenvalue weighted by molar-refractivity contribution is -0.146. The van der Waals surface area contributed by atoms with E-state index in [0.717, 1.165) is 0 Å². The summed E-state index contributed by atoms with van der Waals surface area (Å²) in [6.45, 7) is -0.644. The topological polar surface area (TPSA) is 133 Å². The zero-order valence-electron chi connectivity index (χ0n) is 10.5. The van der Waals surface area contributed by atoms with Crippen molar-refractivity contribution in [3.05, 3.63) is 29.8 Å². The van der Waals surface area contributed by atoms with E-state index in [1.165, 1.54) is 31.3 Å². The van der Waals surface area contributed by atoms with Crippen molar-refractivity contribution in [3.8, 4) is 0 Å². The first-order valence-corrected chi connectivity index (χ1v) is 6.99. The van der Waals surface area contributed by atoms with Crippen LogP contribution in [0.25, 0.3) is 0 Å². The lowest BCUT2D eigenvalue weighted by Crippen LogP contribution is -2.36. The normalized spacial score (nSPS) is 12.7. The maximum atomic E-state index is 11.8. The highest BCUT2D eigenvalue weighted by Crippen LogP contribution is 2.10. The first-order chi connectivity index (χ1) is 9.27. The van der Waals surface area contributed by atoms with Gasteiger partial charge in [-0.2, -0.15) is 0 Å². The fourth-order valence-corrected chi connectivity index (χ4v) is 2.33. The van der Waals surface area contributed by atoms with E-state index in [2.05, 4.69) is 5.32 Å². The van der Waals surface area contributed by atoms with Crippen molar-refractivity contribution in [2.45, 2.75) is 11.0 Å². The molecule has 1 aromatic rings. The molecule has 0 heterocycles. The molecule has 0 aliphatic carbocycles. The molecule has 1 rings (SSSR count). The predicted molar refractivity (Wildman–Crippen MR) is 68.7 cm³/mol. The summed E-state index contributed by atoms with van der Waals surface area (Å²) in [6.07, 6.45) is -1.82. The molecule has 1 amide bonds. The van der Waals surface area contributed by atoms with E-state index < -0.39 is 28.6 Å². The molecule has 1 aromatic carbocycles. The Morgan fingerprint density at radius 2 is 1.80 bits per heavy atom. The van der Waals surface area contributed by atoms with Crippen LogP contribution >= 0.6 is 0 Å². The molecule has 0 aromatic heterocycles. The van der Waals surface area contributed by atoms with Crippen LogP contribution in [0.5, 0.6) is 0 Å². The minimum Gasteiger partial charge on any atom is -0.479 e. The summed E-state index contributed by atoms with van der Waals surface area (Å²) in [6, 6.07) is 5.06. The van der Waals surface area contributed by atoms with Gasteiger partial charge in [-0.1, -0.05) is 0 Å². The molecule has 1 atom stereocenters. The molecule has 110 valence electrons. The standard InChI is InChI=1S/C11H14N2O6S/c1-12-10(15)7-2-4-8(5-3-7)20(18,19)13-6-9(14)11(16)17/h2-5,9,13-14H,6H2,1H3,(H,12,15)(H,16,17)/t9-/m0/s1. The van der Waals surface area contributed by atoms with Gasteiger partial charge >= 0.3 is 5.97 Å². The van der Waals surface area contributed by atoms with E-state index in [0.29, 0.717) is 0 Å². The Kier molecular flexibility index (Phi) is 5.19. The van der Waals surface area contributed by atoms with Crippen LogP contribution in [0.15, 0.2) is 29.2 Å². The molecule has 0 fully saturated rings. The van der Waals surface area contributed by atoms with E-state index in [1.54, 1.807) is 0 Å². The quantitative estimate of drug-likeness (QED) is 0.520. The molecule has 0 radical (unpaired) electrons. The van der Waals surface area contributed by atoms with Gasteiger partial charge in [0.15, 0.2) is 6.10 Å². The summed E-state index contributed by atoms with van der Waals surface area (Å²) >= 11 is 0. The molecule has 0 aliphatic heterocycles. The number of aliphatic hydroxyl groups is 1. The van der Waals surface area contributed by atoms with Gasteiger partial charge in [0.2, 0.25) is 10.0 Å². The fraction of sp³-hybridized carbons (Fsp3) is 0.273. The van der Waals surface area contributed by atoms with Crippen molar-refractivity contribution in [2.24, 2.45) is 0 Å². The maximum Gasteiger partial charge on any atom is 0.333 e. The van der Waals surface area contributed by atoms with Crippen LogP contribution < -0.4 is 10.0 Å². The number of aliphatic carboxylic acids is 1. The van der Waals surface area contributed by atoms with E-state index in [4.69, 9.17) is 10.2 Å². The third-order valence-corrected chi connectivity index (χ3v) is 3.85. The molecular formula is C11H14N2O6S. The second-order valence-corrected chi connectivity index (χ2v) is 5.58. The molecular weight excluding hydrogens is 288 g/mol. The van der Waals surface area contributed by atoms with Crippen LogP contribution in [0, 0.1) is 0 Å². The predicted octanol–water partition coefficient (Wildman–Crippen LogP) is -1.23. The number of rotatable bonds is 6.